The molecule has 5 heteroatoms. The van der Waals surface area contributed by atoms with Crippen molar-refractivity contribution < 1.29 is 4.79 Å². The third-order valence-corrected chi connectivity index (χ3v) is 4.97. The highest BCUT2D eigenvalue weighted by Crippen LogP contribution is 2.26. The van der Waals surface area contributed by atoms with Crippen LogP contribution in [0.25, 0.3) is 10.9 Å². The average Bonchev–Trinajstić information content (AvgIpc) is 3.15. The monoisotopic (exact) mass is 310 g/mol. The molecule has 0 saturated carbocycles. The first kappa shape index (κ1) is 14.5. The van der Waals surface area contributed by atoms with Gasteiger partial charge in [-0.2, -0.15) is 0 Å². The zero-order valence-corrected chi connectivity index (χ0v) is 13.2. The summed E-state index contributed by atoms with van der Waals surface area (Å²) in [6.07, 6.45) is 2.85. The Hall–Kier alpha value is -2.14. The molecule has 0 spiro atoms. The largest absolute Gasteiger partial charge is 0.367 e. The van der Waals surface area contributed by atoms with Crippen molar-refractivity contribution in [2.24, 2.45) is 5.92 Å². The Morgan fingerprint density at radius 3 is 2.74 bits per heavy atom. The summed E-state index contributed by atoms with van der Waals surface area (Å²) in [5.74, 6) is 0.512. The smallest absolute Gasteiger partial charge is 0.227 e. The van der Waals surface area contributed by atoms with Crippen LogP contribution in [0.5, 0.6) is 0 Å². The van der Waals surface area contributed by atoms with Gasteiger partial charge in [0.15, 0.2) is 0 Å². The molecule has 0 radical (unpaired) electrons. The van der Waals surface area contributed by atoms with E-state index >= 15 is 0 Å². The van der Waals surface area contributed by atoms with E-state index in [1.807, 2.05) is 23.2 Å². The first-order valence-corrected chi connectivity index (χ1v) is 8.41. The molecule has 2 fully saturated rings. The van der Waals surface area contributed by atoms with E-state index in [2.05, 4.69) is 33.4 Å². The molecule has 0 unspecified atom stereocenters. The van der Waals surface area contributed by atoms with Gasteiger partial charge in [0.25, 0.3) is 0 Å². The number of benzene rings is 1. The second-order valence-electron chi connectivity index (χ2n) is 6.35. The molecule has 2 saturated heterocycles. The molecule has 4 rings (SSSR count). The number of nitrogens with zero attached hydrogens (tertiary/aromatic N) is 3. The molecule has 1 aromatic heterocycles. The van der Waals surface area contributed by atoms with Crippen molar-refractivity contribution in [3.8, 4) is 0 Å². The van der Waals surface area contributed by atoms with Crippen LogP contribution in [0.3, 0.4) is 0 Å². The molecule has 0 aliphatic carbocycles. The van der Waals surface area contributed by atoms with E-state index in [1.54, 1.807) is 0 Å². The van der Waals surface area contributed by atoms with Crippen LogP contribution in [-0.4, -0.2) is 55.1 Å². The Bertz CT molecular complexity index is 698. The van der Waals surface area contributed by atoms with Crippen LogP contribution in [0.1, 0.15) is 6.42 Å². The van der Waals surface area contributed by atoms with Gasteiger partial charge in [-0.05, 0) is 25.1 Å². The standard InChI is InChI=1S/C18H22N4O/c23-18(14-5-7-19-13-14)22-11-9-21(10-12-22)17-6-8-20-16-4-2-1-3-15(16)17/h1-4,6,8,14,19H,5,7,9-13H2/t14-/m0/s1. The third-order valence-electron chi connectivity index (χ3n) is 4.97. The van der Waals surface area contributed by atoms with Gasteiger partial charge in [-0.25, -0.2) is 0 Å². The molecule has 120 valence electrons. The Kier molecular flexibility index (Phi) is 3.87. The molecule has 3 heterocycles. The summed E-state index contributed by atoms with van der Waals surface area (Å²) in [5, 5.41) is 4.47. The van der Waals surface area contributed by atoms with E-state index in [0.717, 1.165) is 51.2 Å². The van der Waals surface area contributed by atoms with Gasteiger partial charge in [0.2, 0.25) is 5.91 Å². The molecule has 1 aromatic carbocycles. The second kappa shape index (κ2) is 6.16. The highest BCUT2D eigenvalue weighted by atomic mass is 16.2. The highest BCUT2D eigenvalue weighted by Gasteiger charge is 2.29. The van der Waals surface area contributed by atoms with Crippen molar-refractivity contribution in [1.82, 2.24) is 15.2 Å². The van der Waals surface area contributed by atoms with E-state index in [0.29, 0.717) is 5.91 Å². The van der Waals surface area contributed by atoms with Crippen molar-refractivity contribution in [3.63, 3.8) is 0 Å². The lowest BCUT2D eigenvalue weighted by molar-refractivity contribution is -0.135. The maximum atomic E-state index is 12.5. The Morgan fingerprint density at radius 1 is 1.13 bits per heavy atom. The summed E-state index contributed by atoms with van der Waals surface area (Å²) in [7, 11) is 0. The summed E-state index contributed by atoms with van der Waals surface area (Å²) >= 11 is 0. The van der Waals surface area contributed by atoms with E-state index in [9.17, 15) is 4.79 Å². The number of fused-ring (bicyclic) bond motifs is 1. The summed E-state index contributed by atoms with van der Waals surface area (Å²) in [6.45, 7) is 5.21. The first-order chi connectivity index (χ1) is 11.3. The van der Waals surface area contributed by atoms with Crippen LogP contribution in [0.15, 0.2) is 36.5 Å². The molecule has 1 amide bonds. The van der Waals surface area contributed by atoms with Crippen LogP contribution in [0.2, 0.25) is 0 Å². The van der Waals surface area contributed by atoms with Gasteiger partial charge in [-0.1, -0.05) is 18.2 Å². The number of pyridine rings is 1. The molecule has 2 aliphatic heterocycles. The maximum absolute atomic E-state index is 12.5. The van der Waals surface area contributed by atoms with Crippen molar-refractivity contribution in [2.45, 2.75) is 6.42 Å². The van der Waals surface area contributed by atoms with Crippen LogP contribution in [-0.2, 0) is 4.79 Å². The normalized spacial score (nSPS) is 21.8. The molecule has 2 aromatic rings. The number of carbonyl (C=O) groups excluding carboxylic acids is 1. The number of carbonyl (C=O) groups is 1. The molecule has 23 heavy (non-hydrogen) atoms. The Balaban J connectivity index is 1.47. The lowest BCUT2D eigenvalue weighted by Gasteiger charge is -2.37. The minimum absolute atomic E-state index is 0.184. The predicted octanol–water partition coefficient (Wildman–Crippen LogP) is 1.49. The van der Waals surface area contributed by atoms with Gasteiger partial charge in [-0.3, -0.25) is 9.78 Å². The fourth-order valence-corrected chi connectivity index (χ4v) is 3.65. The Labute approximate surface area is 136 Å². The number of hydrogen-bond donors (Lipinski definition) is 1. The van der Waals surface area contributed by atoms with Gasteiger partial charge < -0.3 is 15.1 Å². The summed E-state index contributed by atoms with van der Waals surface area (Å²) in [5.41, 5.74) is 2.26. The lowest BCUT2D eigenvalue weighted by Crippen LogP contribution is -2.50. The van der Waals surface area contributed by atoms with Crippen LogP contribution >= 0.6 is 0 Å². The molecule has 5 nitrogen and oxygen atoms in total. The summed E-state index contributed by atoms with van der Waals surface area (Å²) in [6, 6.07) is 10.3. The fraction of sp³-hybridized carbons (Fsp3) is 0.444. The SMILES string of the molecule is O=C([C@H]1CCNC1)N1CCN(c2ccnc3ccccc23)CC1. The van der Waals surface area contributed by atoms with Gasteiger partial charge in [-0.15, -0.1) is 0 Å². The van der Waals surface area contributed by atoms with E-state index in [-0.39, 0.29) is 5.92 Å². The van der Waals surface area contributed by atoms with Crippen molar-refractivity contribution in [1.29, 1.82) is 0 Å². The van der Waals surface area contributed by atoms with Crippen LogP contribution in [0, 0.1) is 5.92 Å². The van der Waals surface area contributed by atoms with Crippen LogP contribution < -0.4 is 10.2 Å². The third kappa shape index (κ3) is 2.77. The average molecular weight is 310 g/mol. The Morgan fingerprint density at radius 2 is 1.96 bits per heavy atom. The molecule has 0 bridgehead atoms. The van der Waals surface area contributed by atoms with Crippen molar-refractivity contribution in [2.75, 3.05) is 44.2 Å². The van der Waals surface area contributed by atoms with Gasteiger partial charge in [0.05, 0.1) is 11.4 Å². The van der Waals surface area contributed by atoms with E-state index < -0.39 is 0 Å². The topological polar surface area (TPSA) is 48.5 Å². The number of rotatable bonds is 2. The quantitative estimate of drug-likeness (QED) is 0.913. The minimum Gasteiger partial charge on any atom is -0.367 e. The zero-order valence-electron chi connectivity index (χ0n) is 13.2. The second-order valence-corrected chi connectivity index (χ2v) is 6.35. The van der Waals surface area contributed by atoms with Gasteiger partial charge >= 0.3 is 0 Å². The fourth-order valence-electron chi connectivity index (χ4n) is 3.65. The van der Waals surface area contributed by atoms with Crippen molar-refractivity contribution in [3.05, 3.63) is 36.5 Å². The molecular formula is C18H22N4O. The molecule has 1 atom stereocenters. The van der Waals surface area contributed by atoms with Crippen LogP contribution in [0.4, 0.5) is 5.69 Å². The van der Waals surface area contributed by atoms with Gasteiger partial charge in [0, 0.05) is 50.0 Å². The minimum atomic E-state index is 0.184. The van der Waals surface area contributed by atoms with E-state index in [1.165, 1.54) is 11.1 Å². The van der Waals surface area contributed by atoms with Crippen molar-refractivity contribution >= 4 is 22.5 Å². The molecule has 2 aliphatic rings. The number of nitrogens with one attached hydrogen (secondary N) is 1. The number of para-hydroxylation sites is 1. The summed E-state index contributed by atoms with van der Waals surface area (Å²) < 4.78 is 0. The summed E-state index contributed by atoms with van der Waals surface area (Å²) in [4.78, 5) is 21.4. The number of aromatic nitrogens is 1. The number of anilines is 1. The number of hydrogen-bond acceptors (Lipinski definition) is 4. The number of amides is 1. The van der Waals surface area contributed by atoms with E-state index in [4.69, 9.17) is 0 Å². The van der Waals surface area contributed by atoms with Gasteiger partial charge in [0.1, 0.15) is 0 Å². The zero-order chi connectivity index (χ0) is 15.6. The first-order valence-electron chi connectivity index (χ1n) is 8.41. The number of piperazine rings is 1. The lowest BCUT2D eigenvalue weighted by atomic mass is 10.1. The predicted molar refractivity (Wildman–Crippen MR) is 91.5 cm³/mol. The maximum Gasteiger partial charge on any atom is 0.227 e. The molecular weight excluding hydrogens is 288 g/mol. The highest BCUT2D eigenvalue weighted by molar-refractivity contribution is 5.91. The molecule has 1 N–H and O–H groups in total.